The molecule has 18 heavy (non-hydrogen) atoms. The summed E-state index contributed by atoms with van der Waals surface area (Å²) < 4.78 is 0.974. The molecule has 2 atom stereocenters. The van der Waals surface area contributed by atoms with E-state index in [1.165, 1.54) is 0 Å². The fourth-order valence-electron chi connectivity index (χ4n) is 1.96. The summed E-state index contributed by atoms with van der Waals surface area (Å²) in [6.07, 6.45) is 1.77. The fourth-order valence-corrected chi connectivity index (χ4v) is 2.80. The Morgan fingerprint density at radius 3 is 2.72 bits per heavy atom. The highest BCUT2D eigenvalue weighted by atomic mass is 79.9. The summed E-state index contributed by atoms with van der Waals surface area (Å²) in [7, 11) is 0. The molecule has 0 fully saturated rings. The van der Waals surface area contributed by atoms with Crippen LogP contribution < -0.4 is 5.32 Å². The molecule has 0 saturated carbocycles. The number of benzene rings is 1. The van der Waals surface area contributed by atoms with Crippen LogP contribution in [0.3, 0.4) is 0 Å². The Balaban J connectivity index is 2.63. The minimum absolute atomic E-state index is 0.119. The minimum Gasteiger partial charge on any atom is -0.389 e. The van der Waals surface area contributed by atoms with Crippen molar-refractivity contribution in [2.24, 2.45) is 0 Å². The van der Waals surface area contributed by atoms with E-state index in [0.29, 0.717) is 6.54 Å². The third kappa shape index (κ3) is 4.88. The van der Waals surface area contributed by atoms with Crippen molar-refractivity contribution < 1.29 is 5.11 Å². The highest BCUT2D eigenvalue weighted by Crippen LogP contribution is 2.26. The predicted molar refractivity (Wildman–Crippen MR) is 81.1 cm³/mol. The monoisotopic (exact) mass is 333 g/mol. The standard InChI is InChI=1S/C14H21BrClNO/c1-4-7-14(3,18)9-17-10(2)12-6-5-11(15)8-13(12)16/h5-6,8,10,17-18H,4,7,9H2,1-3H3. The van der Waals surface area contributed by atoms with E-state index in [1.807, 2.05) is 25.1 Å². The maximum atomic E-state index is 10.1. The van der Waals surface area contributed by atoms with Crippen LogP contribution >= 0.6 is 27.5 Å². The molecule has 0 aliphatic carbocycles. The van der Waals surface area contributed by atoms with Crippen LogP contribution in [0.2, 0.25) is 5.02 Å². The van der Waals surface area contributed by atoms with Gasteiger partial charge in [0, 0.05) is 22.1 Å². The summed E-state index contributed by atoms with van der Waals surface area (Å²) in [5.74, 6) is 0. The van der Waals surface area contributed by atoms with E-state index in [9.17, 15) is 5.11 Å². The molecule has 0 aliphatic rings. The van der Waals surface area contributed by atoms with Gasteiger partial charge in [0.25, 0.3) is 0 Å². The van der Waals surface area contributed by atoms with Crippen molar-refractivity contribution in [2.45, 2.75) is 45.3 Å². The smallest absolute Gasteiger partial charge is 0.0743 e. The van der Waals surface area contributed by atoms with Gasteiger partial charge in [0.15, 0.2) is 0 Å². The molecule has 1 rings (SSSR count). The van der Waals surface area contributed by atoms with Crippen molar-refractivity contribution in [3.05, 3.63) is 33.3 Å². The van der Waals surface area contributed by atoms with Crippen LogP contribution in [0.4, 0.5) is 0 Å². The predicted octanol–water partition coefficient (Wildman–Crippen LogP) is 4.30. The molecule has 0 bridgehead atoms. The third-order valence-electron chi connectivity index (χ3n) is 3.01. The second-order valence-electron chi connectivity index (χ2n) is 5.02. The van der Waals surface area contributed by atoms with Crippen molar-refractivity contribution in [1.29, 1.82) is 0 Å². The number of nitrogens with one attached hydrogen (secondary N) is 1. The highest BCUT2D eigenvalue weighted by Gasteiger charge is 2.20. The van der Waals surface area contributed by atoms with E-state index in [0.717, 1.165) is 27.9 Å². The van der Waals surface area contributed by atoms with Crippen molar-refractivity contribution in [2.75, 3.05) is 6.54 Å². The molecule has 0 radical (unpaired) electrons. The molecule has 0 saturated heterocycles. The van der Waals surface area contributed by atoms with Crippen LogP contribution in [0.1, 0.15) is 45.2 Å². The van der Waals surface area contributed by atoms with Gasteiger partial charge in [0.1, 0.15) is 0 Å². The van der Waals surface area contributed by atoms with Crippen molar-refractivity contribution in [3.8, 4) is 0 Å². The Bertz CT molecular complexity index is 395. The Morgan fingerprint density at radius 2 is 2.17 bits per heavy atom. The van der Waals surface area contributed by atoms with E-state index in [1.54, 1.807) is 0 Å². The zero-order valence-corrected chi connectivity index (χ0v) is 13.5. The minimum atomic E-state index is -0.662. The fraction of sp³-hybridized carbons (Fsp3) is 0.571. The number of rotatable bonds is 6. The first-order chi connectivity index (χ1) is 8.35. The molecule has 4 heteroatoms. The molecule has 2 nitrogen and oxygen atoms in total. The number of aliphatic hydroxyl groups is 1. The van der Waals surface area contributed by atoms with Gasteiger partial charge in [-0.2, -0.15) is 0 Å². The molecule has 0 amide bonds. The molecule has 2 unspecified atom stereocenters. The van der Waals surface area contributed by atoms with Crippen LogP contribution in [-0.2, 0) is 0 Å². The van der Waals surface area contributed by atoms with Crippen molar-refractivity contribution >= 4 is 27.5 Å². The van der Waals surface area contributed by atoms with Gasteiger partial charge in [-0.05, 0) is 38.0 Å². The van der Waals surface area contributed by atoms with Crippen LogP contribution in [0.5, 0.6) is 0 Å². The largest absolute Gasteiger partial charge is 0.389 e. The maximum absolute atomic E-state index is 10.1. The van der Waals surface area contributed by atoms with Gasteiger partial charge >= 0.3 is 0 Å². The Morgan fingerprint density at radius 1 is 1.50 bits per heavy atom. The topological polar surface area (TPSA) is 32.3 Å². The summed E-state index contributed by atoms with van der Waals surface area (Å²) in [5, 5.41) is 14.2. The molecule has 0 spiro atoms. The quantitative estimate of drug-likeness (QED) is 0.812. The summed E-state index contributed by atoms with van der Waals surface area (Å²) in [5.41, 5.74) is 0.386. The van der Waals surface area contributed by atoms with E-state index < -0.39 is 5.60 Å². The van der Waals surface area contributed by atoms with Gasteiger partial charge in [-0.25, -0.2) is 0 Å². The second-order valence-corrected chi connectivity index (χ2v) is 6.34. The maximum Gasteiger partial charge on any atom is 0.0743 e. The summed E-state index contributed by atoms with van der Waals surface area (Å²) in [6, 6.07) is 5.98. The first-order valence-electron chi connectivity index (χ1n) is 6.26. The third-order valence-corrected chi connectivity index (χ3v) is 3.83. The number of hydrogen-bond acceptors (Lipinski definition) is 2. The zero-order chi connectivity index (χ0) is 13.8. The highest BCUT2D eigenvalue weighted by molar-refractivity contribution is 9.10. The molecular weight excluding hydrogens is 314 g/mol. The molecule has 102 valence electrons. The Labute approximate surface area is 123 Å². The van der Waals surface area contributed by atoms with E-state index in [2.05, 4.69) is 35.1 Å². The van der Waals surface area contributed by atoms with E-state index in [4.69, 9.17) is 11.6 Å². The van der Waals surface area contributed by atoms with E-state index in [-0.39, 0.29) is 6.04 Å². The second kappa shape index (κ2) is 6.90. The molecule has 1 aromatic carbocycles. The van der Waals surface area contributed by atoms with Gasteiger partial charge in [-0.1, -0.05) is 46.9 Å². The molecule has 0 aliphatic heterocycles. The van der Waals surface area contributed by atoms with Crippen molar-refractivity contribution in [1.82, 2.24) is 5.32 Å². The normalized spacial score (nSPS) is 16.3. The molecule has 0 heterocycles. The lowest BCUT2D eigenvalue weighted by Crippen LogP contribution is -2.38. The lowest BCUT2D eigenvalue weighted by molar-refractivity contribution is 0.0477. The molecular formula is C14H21BrClNO. The SMILES string of the molecule is CCCC(C)(O)CNC(C)c1ccc(Br)cc1Cl. The van der Waals surface area contributed by atoms with Gasteiger partial charge < -0.3 is 10.4 Å². The first-order valence-corrected chi connectivity index (χ1v) is 7.43. The lowest BCUT2D eigenvalue weighted by atomic mass is 9.99. The molecule has 2 N–H and O–H groups in total. The average molecular weight is 335 g/mol. The first kappa shape index (κ1) is 16.0. The molecule has 1 aromatic rings. The van der Waals surface area contributed by atoms with Crippen LogP contribution in [0.15, 0.2) is 22.7 Å². The van der Waals surface area contributed by atoms with Gasteiger partial charge in [-0.3, -0.25) is 0 Å². The molecule has 0 aromatic heterocycles. The van der Waals surface area contributed by atoms with Crippen LogP contribution in [0, 0.1) is 0 Å². The van der Waals surface area contributed by atoms with E-state index >= 15 is 0 Å². The summed E-state index contributed by atoms with van der Waals surface area (Å²) in [6.45, 7) is 6.55. The van der Waals surface area contributed by atoms with Gasteiger partial charge in [0.05, 0.1) is 5.60 Å². The summed E-state index contributed by atoms with van der Waals surface area (Å²) in [4.78, 5) is 0. The van der Waals surface area contributed by atoms with Crippen molar-refractivity contribution in [3.63, 3.8) is 0 Å². The van der Waals surface area contributed by atoms with Crippen LogP contribution in [-0.4, -0.2) is 17.3 Å². The Hall–Kier alpha value is -0.0900. The Kier molecular flexibility index (Phi) is 6.12. The van der Waals surface area contributed by atoms with Gasteiger partial charge in [0.2, 0.25) is 0 Å². The summed E-state index contributed by atoms with van der Waals surface area (Å²) >= 11 is 9.59. The lowest BCUT2D eigenvalue weighted by Gasteiger charge is -2.26. The number of hydrogen-bond donors (Lipinski definition) is 2. The number of halogens is 2. The average Bonchev–Trinajstić information content (AvgIpc) is 2.26. The van der Waals surface area contributed by atoms with Gasteiger partial charge in [-0.15, -0.1) is 0 Å². The van der Waals surface area contributed by atoms with Crippen LogP contribution in [0.25, 0.3) is 0 Å². The zero-order valence-electron chi connectivity index (χ0n) is 11.1.